The second kappa shape index (κ2) is 13.0. The van der Waals surface area contributed by atoms with Crippen LogP contribution in [0.25, 0.3) is 0 Å². The van der Waals surface area contributed by atoms with Crippen molar-refractivity contribution in [3.63, 3.8) is 0 Å². The van der Waals surface area contributed by atoms with Crippen LogP contribution in [-0.4, -0.2) is 35.1 Å². The van der Waals surface area contributed by atoms with Gasteiger partial charge < -0.3 is 31.5 Å². The van der Waals surface area contributed by atoms with Gasteiger partial charge in [-0.25, -0.2) is 4.79 Å². The molecule has 2 unspecified atom stereocenters. The fourth-order valence-electron chi connectivity index (χ4n) is 5.09. The fourth-order valence-corrected chi connectivity index (χ4v) is 5.09. The Morgan fingerprint density at radius 2 is 1.83 bits per heavy atom. The predicted octanol–water partition coefficient (Wildman–Crippen LogP) is 5.40. The van der Waals surface area contributed by atoms with Crippen LogP contribution in [0, 0.1) is 11.8 Å². The van der Waals surface area contributed by atoms with Gasteiger partial charge in [-0.3, -0.25) is 14.9 Å². The third-order valence-corrected chi connectivity index (χ3v) is 7.43. The zero-order valence-corrected chi connectivity index (χ0v) is 26.3. The van der Waals surface area contributed by atoms with Gasteiger partial charge in [-0.05, 0) is 57.2 Å². The lowest BCUT2D eigenvalue weighted by molar-refractivity contribution is -0.120. The maximum Gasteiger partial charge on any atom is 0.324 e. The van der Waals surface area contributed by atoms with Crippen LogP contribution in [0.3, 0.4) is 0 Å². The number of anilines is 3. The smallest absolute Gasteiger partial charge is 0.324 e. The number of hydrogen-bond acceptors (Lipinski definition) is 7. The number of fused-ring (bicyclic) bond motifs is 1. The number of allylic oxidation sites excluding steroid dienone is 2. The highest BCUT2D eigenvalue weighted by molar-refractivity contribution is 6.00. The first-order valence-corrected chi connectivity index (χ1v) is 14.4. The quantitative estimate of drug-likeness (QED) is 0.243. The predicted molar refractivity (Wildman–Crippen MR) is 166 cm³/mol. The second-order valence-electron chi connectivity index (χ2n) is 13.3. The van der Waals surface area contributed by atoms with Crippen LogP contribution in [0.2, 0.25) is 0 Å². The van der Waals surface area contributed by atoms with Crippen LogP contribution in [-0.2, 0) is 15.0 Å². The largest absolute Gasteiger partial charge is 0.401 e. The standard InChI is InChI=1S/C31H47N7O4/c1-17-21-11-10-20(34-29(41)36-25-16-24(42-38-25)30(4,5)6)14-23(21)35-27(40)15-22(17)18(2)28(19(3)32)37-26(39)12-13-33-31(7,8)9/h10-11,14,16-18,22,33H,12-13,15,32H2,1-9H3,(H,35,40)(H,37,39)(H2,34,36,38,41)/b28-19+/t17-,18?,22?/m1/s1. The Balaban J connectivity index is 1.72. The lowest BCUT2D eigenvalue weighted by Crippen LogP contribution is -2.39. The summed E-state index contributed by atoms with van der Waals surface area (Å²) in [6.07, 6.45) is 0.558. The first-order chi connectivity index (χ1) is 19.4. The molecule has 42 heavy (non-hydrogen) atoms. The first kappa shape index (κ1) is 32.7. The molecule has 0 bridgehead atoms. The van der Waals surface area contributed by atoms with E-state index >= 15 is 0 Å². The molecule has 0 saturated carbocycles. The van der Waals surface area contributed by atoms with E-state index < -0.39 is 6.03 Å². The molecule has 11 heteroatoms. The van der Waals surface area contributed by atoms with E-state index in [2.05, 4.69) is 38.7 Å². The zero-order chi connectivity index (χ0) is 31.4. The summed E-state index contributed by atoms with van der Waals surface area (Å²) in [6, 6.07) is 6.66. The molecule has 0 aliphatic carbocycles. The second-order valence-corrected chi connectivity index (χ2v) is 13.3. The van der Waals surface area contributed by atoms with Crippen molar-refractivity contribution >= 4 is 35.0 Å². The lowest BCUT2D eigenvalue weighted by atomic mass is 9.76. The Hall–Kier alpha value is -3.86. The number of urea groups is 1. The zero-order valence-electron chi connectivity index (χ0n) is 26.3. The summed E-state index contributed by atoms with van der Waals surface area (Å²) in [5.41, 5.74) is 9.15. The van der Waals surface area contributed by atoms with Gasteiger partial charge in [0.1, 0.15) is 5.76 Å². The highest BCUT2D eigenvalue weighted by Crippen LogP contribution is 2.42. The van der Waals surface area contributed by atoms with E-state index in [0.29, 0.717) is 47.3 Å². The van der Waals surface area contributed by atoms with E-state index in [1.165, 1.54) is 0 Å². The van der Waals surface area contributed by atoms with Crippen molar-refractivity contribution in [3.8, 4) is 0 Å². The summed E-state index contributed by atoms with van der Waals surface area (Å²) in [5, 5.41) is 18.7. The van der Waals surface area contributed by atoms with Gasteiger partial charge in [-0.2, -0.15) is 0 Å². The monoisotopic (exact) mass is 581 g/mol. The maximum absolute atomic E-state index is 13.0. The van der Waals surface area contributed by atoms with Crippen LogP contribution in [0.5, 0.6) is 0 Å². The molecule has 3 atom stereocenters. The van der Waals surface area contributed by atoms with Gasteiger partial charge in [0.05, 0.1) is 0 Å². The average Bonchev–Trinajstić information content (AvgIpc) is 3.28. The molecule has 230 valence electrons. The molecule has 7 N–H and O–H groups in total. The average molecular weight is 582 g/mol. The Morgan fingerprint density at radius 3 is 2.43 bits per heavy atom. The molecule has 4 amide bonds. The van der Waals surface area contributed by atoms with Crippen LogP contribution in [0.1, 0.15) is 92.4 Å². The van der Waals surface area contributed by atoms with E-state index in [-0.39, 0.29) is 46.9 Å². The SMILES string of the molecule is C/C(N)=C(\NC(=O)CCNC(C)(C)C)C(C)C1CC(=O)Nc2cc(NC(=O)Nc3cc(C(C)(C)C)on3)ccc2[C@H]1C. The number of nitrogens with one attached hydrogen (secondary N) is 5. The first-order valence-electron chi connectivity index (χ1n) is 14.4. The van der Waals surface area contributed by atoms with E-state index in [1.54, 1.807) is 25.1 Å². The molecule has 0 fully saturated rings. The molecule has 2 aromatic rings. The minimum absolute atomic E-state index is 0.0448. The van der Waals surface area contributed by atoms with Crippen molar-refractivity contribution in [1.82, 2.24) is 15.8 Å². The van der Waals surface area contributed by atoms with Gasteiger partial charge in [0, 0.05) is 65.1 Å². The molecule has 0 radical (unpaired) electrons. The normalized spacial score (nSPS) is 18.6. The van der Waals surface area contributed by atoms with Crippen LogP contribution >= 0.6 is 0 Å². The number of aromatic nitrogens is 1. The topological polar surface area (TPSA) is 163 Å². The number of carbonyl (C=O) groups is 3. The summed E-state index contributed by atoms with van der Waals surface area (Å²) in [6.45, 7) is 18.5. The minimum atomic E-state index is -0.482. The molecule has 1 aromatic carbocycles. The summed E-state index contributed by atoms with van der Waals surface area (Å²) in [5.74, 6) is 0.330. The molecule has 2 heterocycles. The van der Waals surface area contributed by atoms with Crippen molar-refractivity contribution in [2.75, 3.05) is 22.5 Å². The van der Waals surface area contributed by atoms with E-state index in [1.807, 2.05) is 54.5 Å². The minimum Gasteiger partial charge on any atom is -0.401 e. The molecule has 1 aromatic heterocycles. The third kappa shape index (κ3) is 8.82. The van der Waals surface area contributed by atoms with Gasteiger partial charge >= 0.3 is 6.03 Å². The van der Waals surface area contributed by atoms with Crippen molar-refractivity contribution in [3.05, 3.63) is 47.0 Å². The third-order valence-electron chi connectivity index (χ3n) is 7.43. The molecule has 0 spiro atoms. The van der Waals surface area contributed by atoms with Crippen LogP contribution in [0.15, 0.2) is 40.2 Å². The van der Waals surface area contributed by atoms with Gasteiger partial charge in [0.15, 0.2) is 5.82 Å². The van der Waals surface area contributed by atoms with Crippen molar-refractivity contribution in [2.45, 2.75) is 92.0 Å². The molecule has 11 nitrogen and oxygen atoms in total. The van der Waals surface area contributed by atoms with Gasteiger partial charge in [0.2, 0.25) is 11.8 Å². The number of nitrogens with two attached hydrogens (primary N) is 1. The maximum atomic E-state index is 13.0. The number of benzene rings is 1. The number of hydrogen-bond donors (Lipinski definition) is 6. The molecule has 1 aliphatic heterocycles. The number of rotatable bonds is 8. The Labute approximate surface area is 248 Å². The summed E-state index contributed by atoms with van der Waals surface area (Å²) in [4.78, 5) is 38.4. The number of nitrogens with zero attached hydrogens (tertiary/aromatic N) is 1. The fraction of sp³-hybridized carbons (Fsp3) is 0.548. The Morgan fingerprint density at radius 1 is 1.14 bits per heavy atom. The number of amides is 4. The van der Waals surface area contributed by atoms with E-state index in [4.69, 9.17) is 10.3 Å². The summed E-state index contributed by atoms with van der Waals surface area (Å²) < 4.78 is 5.33. The molecule has 1 aliphatic rings. The highest BCUT2D eigenvalue weighted by Gasteiger charge is 2.34. The van der Waals surface area contributed by atoms with Gasteiger partial charge in [-0.15, -0.1) is 0 Å². The van der Waals surface area contributed by atoms with E-state index in [9.17, 15) is 14.4 Å². The molecular weight excluding hydrogens is 534 g/mol. The van der Waals surface area contributed by atoms with Crippen LogP contribution < -0.4 is 32.3 Å². The summed E-state index contributed by atoms with van der Waals surface area (Å²) >= 11 is 0. The van der Waals surface area contributed by atoms with Crippen LogP contribution in [0.4, 0.5) is 22.0 Å². The van der Waals surface area contributed by atoms with Gasteiger partial charge in [-0.1, -0.05) is 45.8 Å². The molecule has 3 rings (SSSR count). The molecular formula is C31H47N7O4. The number of carbonyl (C=O) groups excluding carboxylic acids is 3. The van der Waals surface area contributed by atoms with E-state index in [0.717, 1.165) is 5.56 Å². The Bertz CT molecular complexity index is 1330. The van der Waals surface area contributed by atoms with Gasteiger partial charge in [0.25, 0.3) is 0 Å². The van der Waals surface area contributed by atoms with Crippen molar-refractivity contribution in [2.24, 2.45) is 17.6 Å². The van der Waals surface area contributed by atoms with Crippen molar-refractivity contribution < 1.29 is 18.9 Å². The Kier molecular flexibility index (Phi) is 10.1. The highest BCUT2D eigenvalue weighted by atomic mass is 16.5. The molecule has 0 saturated heterocycles. The van der Waals surface area contributed by atoms with Crippen molar-refractivity contribution in [1.29, 1.82) is 0 Å². The summed E-state index contributed by atoms with van der Waals surface area (Å²) in [7, 11) is 0. The lowest BCUT2D eigenvalue weighted by Gasteiger charge is -2.31.